The Bertz CT molecular complexity index is 801. The maximum atomic E-state index is 10.5. The lowest BCUT2D eigenvalue weighted by Gasteiger charge is -2.12. The molecule has 1 aromatic carbocycles. The van der Waals surface area contributed by atoms with Gasteiger partial charge < -0.3 is 14.3 Å². The highest BCUT2D eigenvalue weighted by Gasteiger charge is 2.22. The van der Waals surface area contributed by atoms with E-state index in [0.29, 0.717) is 11.6 Å². The highest BCUT2D eigenvalue weighted by Crippen LogP contribution is 2.24. The Balaban J connectivity index is 1.94. The van der Waals surface area contributed by atoms with Crippen LogP contribution in [0.2, 0.25) is 0 Å². The third-order valence-electron chi connectivity index (χ3n) is 3.74. The molecule has 1 heterocycles. The van der Waals surface area contributed by atoms with Gasteiger partial charge in [0.2, 0.25) is 0 Å². The Morgan fingerprint density at radius 1 is 1.30 bits per heavy atom. The van der Waals surface area contributed by atoms with E-state index in [-0.39, 0.29) is 18.6 Å². The molecule has 2 N–H and O–H groups in total. The van der Waals surface area contributed by atoms with Crippen LogP contribution in [0.25, 0.3) is 5.70 Å². The summed E-state index contributed by atoms with van der Waals surface area (Å²) < 4.78 is 10.8. The van der Waals surface area contributed by atoms with Crippen molar-refractivity contribution < 1.29 is 23.9 Å². The zero-order valence-electron chi connectivity index (χ0n) is 16.3. The van der Waals surface area contributed by atoms with Crippen LogP contribution >= 0.6 is 0 Å². The largest absolute Gasteiger partial charge is 0.482 e. The summed E-state index contributed by atoms with van der Waals surface area (Å²) in [5.41, 5.74) is 5.17. The van der Waals surface area contributed by atoms with E-state index in [1.165, 1.54) is 0 Å². The lowest BCUT2D eigenvalue weighted by molar-refractivity contribution is -0.139. The number of hydrogen-bond acceptors (Lipinski definition) is 6. The smallest absolute Gasteiger partial charge is 0.341 e. The molecule has 0 atom stereocenters. The molecule has 0 aliphatic carbocycles. The average Bonchev–Trinajstić information content (AvgIpc) is 2.99. The maximum absolute atomic E-state index is 10.5. The Hall–Kier alpha value is -2.80. The van der Waals surface area contributed by atoms with Gasteiger partial charge in [0.1, 0.15) is 23.8 Å². The first-order valence-electron chi connectivity index (χ1n) is 8.66. The summed E-state index contributed by atoms with van der Waals surface area (Å²) in [6.45, 7) is 9.79. The number of aromatic nitrogens is 1. The van der Waals surface area contributed by atoms with Crippen molar-refractivity contribution in [2.45, 2.75) is 46.6 Å². The van der Waals surface area contributed by atoms with Gasteiger partial charge >= 0.3 is 5.97 Å². The second kappa shape index (κ2) is 8.73. The molecule has 7 heteroatoms. The summed E-state index contributed by atoms with van der Waals surface area (Å²) in [4.78, 5) is 20.6. The number of aryl methyl sites for hydroxylation is 1. The number of hydrogen-bond donors (Lipinski definition) is 2. The van der Waals surface area contributed by atoms with Crippen LogP contribution in [0.4, 0.5) is 0 Å². The van der Waals surface area contributed by atoms with E-state index >= 15 is 0 Å². The molecule has 0 aliphatic heterocycles. The van der Waals surface area contributed by atoms with Crippen molar-refractivity contribution in [3.63, 3.8) is 0 Å². The molecule has 27 heavy (non-hydrogen) atoms. The van der Waals surface area contributed by atoms with Gasteiger partial charge in [-0.05, 0) is 43.7 Å². The number of nitrogens with zero attached hydrogens (tertiary/aromatic N) is 1. The highest BCUT2D eigenvalue weighted by atomic mass is 16.6. The van der Waals surface area contributed by atoms with E-state index in [9.17, 15) is 4.79 Å². The van der Waals surface area contributed by atoms with Crippen molar-refractivity contribution in [1.82, 2.24) is 10.5 Å². The van der Waals surface area contributed by atoms with Crippen molar-refractivity contribution in [2.24, 2.45) is 0 Å². The zero-order chi connectivity index (χ0) is 20.0. The number of hydroxylamine groups is 1. The van der Waals surface area contributed by atoms with Crippen molar-refractivity contribution in [2.75, 3.05) is 6.61 Å². The first-order chi connectivity index (χ1) is 12.7. The molecule has 0 aliphatic rings. The Labute approximate surface area is 159 Å². The molecule has 0 spiro atoms. The van der Waals surface area contributed by atoms with Gasteiger partial charge in [-0.3, -0.25) is 10.3 Å². The number of allylic oxidation sites excluding steroid dienone is 1. The molecule has 0 bridgehead atoms. The van der Waals surface area contributed by atoms with E-state index in [4.69, 9.17) is 19.1 Å². The van der Waals surface area contributed by atoms with Gasteiger partial charge in [-0.25, -0.2) is 9.78 Å². The van der Waals surface area contributed by atoms with Crippen LogP contribution in [0, 0.1) is 6.92 Å². The molecule has 146 valence electrons. The van der Waals surface area contributed by atoms with Crippen LogP contribution in [-0.2, 0) is 21.7 Å². The average molecular weight is 374 g/mol. The monoisotopic (exact) mass is 374 g/mol. The van der Waals surface area contributed by atoms with Crippen LogP contribution in [0.1, 0.15) is 50.6 Å². The Morgan fingerprint density at radius 2 is 1.96 bits per heavy atom. The molecule has 0 amide bonds. The summed E-state index contributed by atoms with van der Waals surface area (Å²) >= 11 is 0. The van der Waals surface area contributed by atoms with Crippen LogP contribution < -0.4 is 10.2 Å². The Morgan fingerprint density at radius 3 is 2.48 bits per heavy atom. The molecule has 1 aromatic heterocycles. The third-order valence-corrected chi connectivity index (χ3v) is 3.74. The van der Waals surface area contributed by atoms with Gasteiger partial charge in [0.05, 0.1) is 5.70 Å². The van der Waals surface area contributed by atoms with Crippen molar-refractivity contribution in [3.05, 3.63) is 53.2 Å². The maximum Gasteiger partial charge on any atom is 0.341 e. The van der Waals surface area contributed by atoms with Gasteiger partial charge in [0, 0.05) is 5.41 Å². The minimum absolute atomic E-state index is 0.157. The van der Waals surface area contributed by atoms with Crippen LogP contribution in [-0.4, -0.2) is 22.7 Å². The number of nitrogens with one attached hydrogen (secondary N) is 1. The summed E-state index contributed by atoms with van der Waals surface area (Å²) in [6, 6.07) is 7.06. The number of aliphatic carboxylic acids is 1. The fraction of sp³-hybridized carbons (Fsp3) is 0.400. The molecule has 0 saturated heterocycles. The number of carboxylic acids is 1. The van der Waals surface area contributed by atoms with Crippen LogP contribution in [0.15, 0.2) is 34.8 Å². The standard InChI is InChI=1S/C20H26N2O5/c1-6-16(14-7-9-15(10-8-14)25-12-18(23)24)22-26-11-17-13(2)27-19(21-17)20(3,4)5/h6-10,22H,11-12H2,1-5H3,(H,23,24). The van der Waals surface area contributed by atoms with Gasteiger partial charge in [-0.2, -0.15) is 0 Å². The second-order valence-electron chi connectivity index (χ2n) is 7.07. The van der Waals surface area contributed by atoms with Gasteiger partial charge in [-0.1, -0.05) is 26.8 Å². The fourth-order valence-corrected chi connectivity index (χ4v) is 2.23. The first-order valence-corrected chi connectivity index (χ1v) is 8.66. The molecule has 0 unspecified atom stereocenters. The predicted molar refractivity (Wildman–Crippen MR) is 101 cm³/mol. The lowest BCUT2D eigenvalue weighted by Crippen LogP contribution is -2.14. The predicted octanol–water partition coefficient (Wildman–Crippen LogP) is 3.83. The van der Waals surface area contributed by atoms with E-state index in [2.05, 4.69) is 10.5 Å². The molecule has 0 fully saturated rings. The van der Waals surface area contributed by atoms with Gasteiger partial charge in [0.15, 0.2) is 12.5 Å². The molecular weight excluding hydrogens is 348 g/mol. The Kier molecular flexibility index (Phi) is 6.63. The van der Waals surface area contributed by atoms with Crippen molar-refractivity contribution in [3.8, 4) is 5.75 Å². The summed E-state index contributed by atoms with van der Waals surface area (Å²) in [7, 11) is 0. The SMILES string of the molecule is CC=C(NOCc1nc(C(C)(C)C)oc1C)c1ccc(OCC(=O)O)cc1. The lowest BCUT2D eigenvalue weighted by atomic mass is 9.97. The minimum atomic E-state index is -1.01. The minimum Gasteiger partial charge on any atom is -0.482 e. The van der Waals surface area contributed by atoms with E-state index in [0.717, 1.165) is 22.7 Å². The summed E-state index contributed by atoms with van der Waals surface area (Å²) in [5.74, 6) is 0.900. The fourth-order valence-electron chi connectivity index (χ4n) is 2.23. The van der Waals surface area contributed by atoms with E-state index in [1.54, 1.807) is 12.1 Å². The number of carboxylic acid groups (broad SMARTS) is 1. The third kappa shape index (κ3) is 5.86. The number of oxazole rings is 1. The topological polar surface area (TPSA) is 93.8 Å². The number of ether oxygens (including phenoxy) is 1. The number of rotatable bonds is 8. The summed E-state index contributed by atoms with van der Waals surface area (Å²) in [5, 5.41) is 8.64. The number of benzene rings is 1. The summed E-state index contributed by atoms with van der Waals surface area (Å²) in [6.07, 6.45) is 1.88. The van der Waals surface area contributed by atoms with E-state index in [1.807, 2.05) is 52.8 Å². The first kappa shape index (κ1) is 20.5. The van der Waals surface area contributed by atoms with Crippen LogP contribution in [0.5, 0.6) is 5.75 Å². The zero-order valence-corrected chi connectivity index (χ0v) is 16.3. The van der Waals surface area contributed by atoms with E-state index < -0.39 is 5.97 Å². The molecule has 7 nitrogen and oxygen atoms in total. The normalized spacial score (nSPS) is 12.1. The molecular formula is C20H26N2O5. The quantitative estimate of drug-likeness (QED) is 0.678. The number of carbonyl (C=O) groups is 1. The molecule has 0 radical (unpaired) electrons. The molecule has 2 rings (SSSR count). The van der Waals surface area contributed by atoms with Crippen molar-refractivity contribution >= 4 is 11.7 Å². The molecule has 2 aromatic rings. The highest BCUT2D eigenvalue weighted by molar-refractivity contribution is 5.68. The van der Waals surface area contributed by atoms with Crippen molar-refractivity contribution in [1.29, 1.82) is 0 Å². The van der Waals surface area contributed by atoms with Crippen LogP contribution in [0.3, 0.4) is 0 Å². The van der Waals surface area contributed by atoms with Gasteiger partial charge in [0.25, 0.3) is 0 Å². The molecule has 0 saturated carbocycles. The second-order valence-corrected chi connectivity index (χ2v) is 7.07. The van der Waals surface area contributed by atoms with Gasteiger partial charge in [-0.15, -0.1) is 0 Å².